The summed E-state index contributed by atoms with van der Waals surface area (Å²) in [7, 11) is 0. The van der Waals surface area contributed by atoms with E-state index in [1.165, 1.54) is 0 Å². The first-order chi connectivity index (χ1) is 11.6. The van der Waals surface area contributed by atoms with Gasteiger partial charge in [-0.15, -0.1) is 0 Å². The number of carbonyl (C=O) groups is 1. The second-order valence-electron chi connectivity index (χ2n) is 5.70. The van der Waals surface area contributed by atoms with Crippen molar-refractivity contribution in [2.45, 2.75) is 12.5 Å². The number of amides is 1. The molecular formula is C18H18Cl2N2O2. The molecule has 0 radical (unpaired) electrons. The molecule has 1 aliphatic rings. The second-order valence-corrected chi connectivity index (χ2v) is 6.51. The highest BCUT2D eigenvalue weighted by Crippen LogP contribution is 2.26. The van der Waals surface area contributed by atoms with Gasteiger partial charge in [0.25, 0.3) is 5.91 Å². The van der Waals surface area contributed by atoms with Gasteiger partial charge in [0.15, 0.2) is 6.61 Å². The Morgan fingerprint density at radius 1 is 1.17 bits per heavy atom. The van der Waals surface area contributed by atoms with Crippen LogP contribution in [0.5, 0.6) is 5.75 Å². The van der Waals surface area contributed by atoms with Crippen molar-refractivity contribution in [2.75, 3.05) is 25.0 Å². The van der Waals surface area contributed by atoms with Crippen LogP contribution in [0, 0.1) is 0 Å². The predicted octanol–water partition coefficient (Wildman–Crippen LogP) is 4.09. The van der Waals surface area contributed by atoms with Gasteiger partial charge in [-0.3, -0.25) is 4.79 Å². The minimum absolute atomic E-state index is 0.00395. The molecule has 2 aromatic carbocycles. The second kappa shape index (κ2) is 7.77. The lowest BCUT2D eigenvalue weighted by atomic mass is 10.2. The van der Waals surface area contributed by atoms with Crippen LogP contribution in [0.25, 0.3) is 0 Å². The SMILES string of the molecule is O=C(COc1ccc(Cl)c(Cl)c1)N1CCC(Nc2ccccc2)C1. The fourth-order valence-corrected chi connectivity index (χ4v) is 2.97. The molecule has 0 aromatic heterocycles. The van der Waals surface area contributed by atoms with Gasteiger partial charge in [-0.25, -0.2) is 0 Å². The lowest BCUT2D eigenvalue weighted by Crippen LogP contribution is -2.34. The molecule has 0 saturated carbocycles. The van der Waals surface area contributed by atoms with Crippen molar-refractivity contribution in [1.82, 2.24) is 4.90 Å². The molecule has 126 valence electrons. The zero-order valence-electron chi connectivity index (χ0n) is 13.0. The highest BCUT2D eigenvalue weighted by Gasteiger charge is 2.26. The van der Waals surface area contributed by atoms with E-state index in [1.54, 1.807) is 18.2 Å². The van der Waals surface area contributed by atoms with Gasteiger partial charge in [-0.05, 0) is 30.7 Å². The third kappa shape index (κ3) is 4.34. The number of hydrogen-bond acceptors (Lipinski definition) is 3. The molecule has 3 rings (SSSR count). The predicted molar refractivity (Wildman–Crippen MR) is 97.0 cm³/mol. The van der Waals surface area contributed by atoms with Crippen LogP contribution in [-0.2, 0) is 4.79 Å². The van der Waals surface area contributed by atoms with Crippen molar-refractivity contribution >= 4 is 34.8 Å². The van der Waals surface area contributed by atoms with Gasteiger partial charge in [-0.1, -0.05) is 41.4 Å². The number of hydrogen-bond donors (Lipinski definition) is 1. The van der Waals surface area contributed by atoms with Crippen molar-refractivity contribution in [3.63, 3.8) is 0 Å². The molecule has 1 aliphatic heterocycles. The lowest BCUT2D eigenvalue weighted by Gasteiger charge is -2.18. The normalized spacial score (nSPS) is 16.9. The van der Waals surface area contributed by atoms with E-state index in [0.29, 0.717) is 22.3 Å². The summed E-state index contributed by atoms with van der Waals surface area (Å²) >= 11 is 11.8. The number of likely N-dealkylation sites (tertiary alicyclic amines) is 1. The Morgan fingerprint density at radius 3 is 2.71 bits per heavy atom. The Kier molecular flexibility index (Phi) is 5.48. The summed E-state index contributed by atoms with van der Waals surface area (Å²) < 4.78 is 5.51. The molecule has 1 fully saturated rings. The zero-order valence-corrected chi connectivity index (χ0v) is 14.6. The van der Waals surface area contributed by atoms with E-state index in [9.17, 15) is 4.79 Å². The fourth-order valence-electron chi connectivity index (χ4n) is 2.68. The van der Waals surface area contributed by atoms with Crippen molar-refractivity contribution in [3.05, 3.63) is 58.6 Å². The standard InChI is InChI=1S/C18H18Cl2N2O2/c19-16-7-6-15(10-17(16)20)24-12-18(23)22-9-8-14(11-22)21-13-4-2-1-3-5-13/h1-7,10,14,21H,8-9,11-12H2. The number of halogens is 2. The average Bonchev–Trinajstić information content (AvgIpc) is 3.05. The molecule has 0 aliphatic carbocycles. The van der Waals surface area contributed by atoms with Crippen molar-refractivity contribution in [2.24, 2.45) is 0 Å². The number of ether oxygens (including phenoxy) is 1. The quantitative estimate of drug-likeness (QED) is 0.868. The van der Waals surface area contributed by atoms with Gasteiger partial charge in [-0.2, -0.15) is 0 Å². The van der Waals surface area contributed by atoms with E-state index < -0.39 is 0 Å². The van der Waals surface area contributed by atoms with E-state index in [-0.39, 0.29) is 18.6 Å². The molecule has 0 spiro atoms. The molecule has 2 aromatic rings. The molecule has 24 heavy (non-hydrogen) atoms. The fraction of sp³-hybridized carbons (Fsp3) is 0.278. The smallest absolute Gasteiger partial charge is 0.260 e. The van der Waals surface area contributed by atoms with Crippen LogP contribution in [0.3, 0.4) is 0 Å². The monoisotopic (exact) mass is 364 g/mol. The van der Waals surface area contributed by atoms with Crippen LogP contribution in [0.4, 0.5) is 5.69 Å². The molecule has 1 atom stereocenters. The number of para-hydroxylation sites is 1. The summed E-state index contributed by atoms with van der Waals surface area (Å²) in [6.45, 7) is 1.41. The van der Waals surface area contributed by atoms with Crippen LogP contribution in [0.1, 0.15) is 6.42 Å². The van der Waals surface area contributed by atoms with Crippen LogP contribution in [-0.4, -0.2) is 36.5 Å². The molecule has 4 nitrogen and oxygen atoms in total. The number of benzene rings is 2. The van der Waals surface area contributed by atoms with Gasteiger partial charge in [0.1, 0.15) is 5.75 Å². The van der Waals surface area contributed by atoms with Gasteiger partial charge in [0.2, 0.25) is 0 Å². The highest BCUT2D eigenvalue weighted by atomic mass is 35.5. The van der Waals surface area contributed by atoms with Crippen molar-refractivity contribution < 1.29 is 9.53 Å². The Morgan fingerprint density at radius 2 is 1.96 bits per heavy atom. The van der Waals surface area contributed by atoms with Gasteiger partial charge < -0.3 is 15.0 Å². The van der Waals surface area contributed by atoms with E-state index in [1.807, 2.05) is 35.2 Å². The number of rotatable bonds is 5. The van der Waals surface area contributed by atoms with Crippen LogP contribution < -0.4 is 10.1 Å². The molecule has 1 amide bonds. The molecule has 0 bridgehead atoms. The first-order valence-corrected chi connectivity index (χ1v) is 8.54. The third-order valence-corrected chi connectivity index (χ3v) is 4.68. The van der Waals surface area contributed by atoms with Gasteiger partial charge in [0, 0.05) is 30.9 Å². The third-order valence-electron chi connectivity index (χ3n) is 3.94. The average molecular weight is 365 g/mol. The minimum atomic E-state index is -0.0292. The number of nitrogens with zero attached hydrogens (tertiary/aromatic N) is 1. The first-order valence-electron chi connectivity index (χ1n) is 7.79. The van der Waals surface area contributed by atoms with Crippen LogP contribution in [0.15, 0.2) is 48.5 Å². The maximum absolute atomic E-state index is 12.3. The van der Waals surface area contributed by atoms with Gasteiger partial charge in [0.05, 0.1) is 10.0 Å². The Balaban J connectivity index is 1.48. The van der Waals surface area contributed by atoms with Gasteiger partial charge >= 0.3 is 0 Å². The van der Waals surface area contributed by atoms with Crippen molar-refractivity contribution in [3.8, 4) is 5.75 Å². The maximum atomic E-state index is 12.3. The molecule has 6 heteroatoms. The summed E-state index contributed by atoms with van der Waals surface area (Å²) in [4.78, 5) is 14.1. The lowest BCUT2D eigenvalue weighted by molar-refractivity contribution is -0.132. The number of nitrogens with one attached hydrogen (secondary N) is 1. The Bertz CT molecular complexity index is 709. The summed E-state index contributed by atoms with van der Waals surface area (Å²) in [6, 6.07) is 15.2. The van der Waals surface area contributed by atoms with E-state index >= 15 is 0 Å². The van der Waals surface area contributed by atoms with E-state index in [4.69, 9.17) is 27.9 Å². The summed E-state index contributed by atoms with van der Waals surface area (Å²) in [6.07, 6.45) is 0.924. The van der Waals surface area contributed by atoms with Crippen LogP contribution in [0.2, 0.25) is 10.0 Å². The minimum Gasteiger partial charge on any atom is -0.484 e. The van der Waals surface area contributed by atoms with E-state index in [0.717, 1.165) is 18.7 Å². The topological polar surface area (TPSA) is 41.6 Å². The summed E-state index contributed by atoms with van der Waals surface area (Å²) in [5.41, 5.74) is 1.07. The summed E-state index contributed by atoms with van der Waals surface area (Å²) in [5, 5.41) is 4.32. The maximum Gasteiger partial charge on any atom is 0.260 e. The van der Waals surface area contributed by atoms with Crippen molar-refractivity contribution in [1.29, 1.82) is 0 Å². The Hall–Kier alpha value is -1.91. The molecule has 1 heterocycles. The molecular weight excluding hydrogens is 347 g/mol. The van der Waals surface area contributed by atoms with E-state index in [2.05, 4.69) is 5.32 Å². The summed E-state index contributed by atoms with van der Waals surface area (Å²) in [5.74, 6) is 0.509. The van der Waals surface area contributed by atoms with Crippen LogP contribution >= 0.6 is 23.2 Å². The number of anilines is 1. The Labute approximate surface area is 151 Å². The molecule has 1 unspecified atom stereocenters. The highest BCUT2D eigenvalue weighted by molar-refractivity contribution is 6.42. The molecule has 1 N–H and O–H groups in total. The largest absolute Gasteiger partial charge is 0.484 e. The first kappa shape index (κ1) is 16.9. The number of carbonyl (C=O) groups excluding carboxylic acids is 1. The zero-order chi connectivity index (χ0) is 16.9. The molecule has 1 saturated heterocycles.